The van der Waals surface area contributed by atoms with Crippen molar-refractivity contribution < 1.29 is 13.2 Å². The summed E-state index contributed by atoms with van der Waals surface area (Å²) in [6.07, 6.45) is 0. The molecule has 5 nitrogen and oxygen atoms in total. The van der Waals surface area contributed by atoms with Crippen molar-refractivity contribution in [1.29, 1.82) is 0 Å². The molecular weight excluding hydrogens is 276 g/mol. The number of hydrogen-bond donors (Lipinski definition) is 2. The number of benzene rings is 1. The summed E-state index contributed by atoms with van der Waals surface area (Å²) < 4.78 is 22.1. The number of halogens is 1. The summed E-state index contributed by atoms with van der Waals surface area (Å²) >= 11 is 5.56. The van der Waals surface area contributed by atoms with E-state index in [0.717, 1.165) is 5.56 Å². The van der Waals surface area contributed by atoms with Crippen LogP contribution in [0, 0.1) is 5.92 Å². The standard InChI is InChI=1S/C11H15ClN2O3S/c1-8(6-12)11(15)14-7-9-2-4-10(5-3-9)18(13,16)17/h2-5,8H,6-7H2,1H3,(H,14,15)(H2,13,16,17). The molecule has 1 amide bonds. The maximum Gasteiger partial charge on any atom is 0.238 e. The summed E-state index contributed by atoms with van der Waals surface area (Å²) in [5.74, 6) is -0.133. The van der Waals surface area contributed by atoms with Crippen molar-refractivity contribution in [3.8, 4) is 0 Å². The molecule has 0 saturated carbocycles. The second-order valence-electron chi connectivity index (χ2n) is 3.96. The number of alkyl halides is 1. The second kappa shape index (κ2) is 6.17. The van der Waals surface area contributed by atoms with Crippen LogP contribution >= 0.6 is 11.6 Å². The Morgan fingerprint density at radius 1 is 1.39 bits per heavy atom. The summed E-state index contributed by atoms with van der Waals surface area (Å²) in [4.78, 5) is 11.5. The largest absolute Gasteiger partial charge is 0.352 e. The number of nitrogens with one attached hydrogen (secondary N) is 1. The number of carbonyl (C=O) groups is 1. The van der Waals surface area contributed by atoms with Gasteiger partial charge >= 0.3 is 0 Å². The van der Waals surface area contributed by atoms with Crippen LogP contribution in [0.3, 0.4) is 0 Å². The third-order valence-electron chi connectivity index (χ3n) is 2.40. The molecule has 0 aliphatic carbocycles. The fourth-order valence-electron chi connectivity index (χ4n) is 1.23. The lowest BCUT2D eigenvalue weighted by atomic mass is 10.2. The van der Waals surface area contributed by atoms with Crippen LogP contribution in [0.15, 0.2) is 29.2 Å². The van der Waals surface area contributed by atoms with E-state index in [2.05, 4.69) is 5.32 Å². The fourth-order valence-corrected chi connectivity index (χ4v) is 1.89. The molecule has 1 atom stereocenters. The van der Waals surface area contributed by atoms with Gasteiger partial charge in [0.2, 0.25) is 15.9 Å². The Morgan fingerprint density at radius 3 is 2.39 bits per heavy atom. The van der Waals surface area contributed by atoms with E-state index < -0.39 is 10.0 Å². The number of rotatable bonds is 5. The van der Waals surface area contributed by atoms with E-state index in [4.69, 9.17) is 16.7 Å². The van der Waals surface area contributed by atoms with Gasteiger partial charge in [-0.2, -0.15) is 0 Å². The van der Waals surface area contributed by atoms with Crippen molar-refractivity contribution >= 4 is 27.5 Å². The number of amides is 1. The van der Waals surface area contributed by atoms with Gasteiger partial charge in [0.05, 0.1) is 4.90 Å². The van der Waals surface area contributed by atoms with Crippen LogP contribution in [0.4, 0.5) is 0 Å². The lowest BCUT2D eigenvalue weighted by Crippen LogP contribution is -2.29. The third kappa shape index (κ3) is 4.29. The maximum absolute atomic E-state index is 11.5. The predicted octanol–water partition coefficient (Wildman–Crippen LogP) is 0.825. The Hall–Kier alpha value is -1.11. The van der Waals surface area contributed by atoms with Crippen LogP contribution < -0.4 is 10.5 Å². The molecule has 0 aromatic heterocycles. The molecule has 1 rings (SSSR count). The number of hydrogen-bond acceptors (Lipinski definition) is 3. The number of nitrogens with two attached hydrogens (primary N) is 1. The van der Waals surface area contributed by atoms with Crippen molar-refractivity contribution in [2.24, 2.45) is 11.1 Å². The van der Waals surface area contributed by atoms with E-state index in [9.17, 15) is 13.2 Å². The SMILES string of the molecule is CC(CCl)C(=O)NCc1ccc(S(N)(=O)=O)cc1. The Bertz CT molecular complexity index is 514. The second-order valence-corrected chi connectivity index (χ2v) is 5.83. The first-order valence-corrected chi connectivity index (χ1v) is 7.38. The zero-order chi connectivity index (χ0) is 13.8. The van der Waals surface area contributed by atoms with Crippen molar-refractivity contribution in [2.75, 3.05) is 5.88 Å². The van der Waals surface area contributed by atoms with Gasteiger partial charge in [-0.15, -0.1) is 11.6 Å². The van der Waals surface area contributed by atoms with Gasteiger partial charge in [0.25, 0.3) is 0 Å². The van der Waals surface area contributed by atoms with E-state index in [0.29, 0.717) is 6.54 Å². The zero-order valence-corrected chi connectivity index (χ0v) is 11.5. The minimum absolute atomic E-state index is 0.0479. The van der Waals surface area contributed by atoms with Crippen LogP contribution in [0.1, 0.15) is 12.5 Å². The highest BCUT2D eigenvalue weighted by molar-refractivity contribution is 7.89. The Kier molecular flexibility index (Phi) is 5.13. The first-order valence-electron chi connectivity index (χ1n) is 5.30. The molecule has 3 N–H and O–H groups in total. The van der Waals surface area contributed by atoms with E-state index in [1.54, 1.807) is 19.1 Å². The molecule has 0 heterocycles. The Balaban J connectivity index is 2.63. The van der Waals surface area contributed by atoms with Crippen molar-refractivity contribution in [3.63, 3.8) is 0 Å². The number of carbonyl (C=O) groups excluding carboxylic acids is 1. The number of sulfonamides is 1. The smallest absolute Gasteiger partial charge is 0.238 e. The van der Waals surface area contributed by atoms with E-state index >= 15 is 0 Å². The van der Waals surface area contributed by atoms with Crippen LogP contribution in [0.25, 0.3) is 0 Å². The third-order valence-corrected chi connectivity index (χ3v) is 3.79. The number of primary sulfonamides is 1. The van der Waals surface area contributed by atoms with Crippen LogP contribution in [-0.2, 0) is 21.4 Å². The highest BCUT2D eigenvalue weighted by Gasteiger charge is 2.11. The first kappa shape index (κ1) is 14.9. The molecule has 1 aromatic carbocycles. The van der Waals surface area contributed by atoms with Gasteiger partial charge in [0, 0.05) is 18.3 Å². The van der Waals surface area contributed by atoms with Gasteiger partial charge in [0.15, 0.2) is 0 Å². The molecule has 0 aliphatic rings. The molecule has 0 saturated heterocycles. The molecular formula is C11H15ClN2O3S. The monoisotopic (exact) mass is 290 g/mol. The van der Waals surface area contributed by atoms with Gasteiger partial charge in [-0.25, -0.2) is 13.6 Å². The summed E-state index contributed by atoms with van der Waals surface area (Å²) in [6, 6.07) is 6.01. The summed E-state index contributed by atoms with van der Waals surface area (Å²) in [6.45, 7) is 2.05. The van der Waals surface area contributed by atoms with Crippen LogP contribution in [-0.4, -0.2) is 20.2 Å². The van der Waals surface area contributed by atoms with Crippen molar-refractivity contribution in [3.05, 3.63) is 29.8 Å². The highest BCUT2D eigenvalue weighted by Crippen LogP contribution is 2.08. The molecule has 0 bridgehead atoms. The Morgan fingerprint density at radius 2 is 1.94 bits per heavy atom. The fraction of sp³-hybridized carbons (Fsp3) is 0.364. The average Bonchev–Trinajstić information content (AvgIpc) is 2.34. The lowest BCUT2D eigenvalue weighted by Gasteiger charge is -2.09. The molecule has 1 unspecified atom stereocenters. The lowest BCUT2D eigenvalue weighted by molar-refractivity contribution is -0.124. The molecule has 0 aliphatic heterocycles. The topological polar surface area (TPSA) is 89.3 Å². The van der Waals surface area contributed by atoms with Crippen molar-refractivity contribution in [1.82, 2.24) is 5.32 Å². The molecule has 1 aromatic rings. The van der Waals surface area contributed by atoms with Gasteiger partial charge < -0.3 is 5.32 Å². The molecule has 0 fully saturated rings. The van der Waals surface area contributed by atoms with Gasteiger partial charge in [-0.3, -0.25) is 4.79 Å². The molecule has 0 radical (unpaired) electrons. The summed E-state index contributed by atoms with van der Waals surface area (Å²) in [5, 5.41) is 7.68. The quantitative estimate of drug-likeness (QED) is 0.787. The van der Waals surface area contributed by atoms with E-state index in [-0.39, 0.29) is 22.6 Å². The predicted molar refractivity (Wildman–Crippen MR) is 69.5 cm³/mol. The van der Waals surface area contributed by atoms with Crippen molar-refractivity contribution in [2.45, 2.75) is 18.4 Å². The minimum atomic E-state index is -3.67. The Labute approximate surface area is 111 Å². The van der Waals surface area contributed by atoms with E-state index in [1.165, 1.54) is 12.1 Å². The zero-order valence-electron chi connectivity index (χ0n) is 9.89. The molecule has 18 heavy (non-hydrogen) atoms. The minimum Gasteiger partial charge on any atom is -0.352 e. The summed E-state index contributed by atoms with van der Waals surface area (Å²) in [7, 11) is -3.67. The maximum atomic E-state index is 11.5. The summed E-state index contributed by atoms with van der Waals surface area (Å²) in [5.41, 5.74) is 0.789. The van der Waals surface area contributed by atoms with Gasteiger partial charge in [-0.05, 0) is 17.7 Å². The first-order chi connectivity index (χ1) is 8.34. The molecule has 0 spiro atoms. The van der Waals surface area contributed by atoms with E-state index in [1.807, 2.05) is 0 Å². The highest BCUT2D eigenvalue weighted by atomic mass is 35.5. The van der Waals surface area contributed by atoms with Gasteiger partial charge in [-0.1, -0.05) is 19.1 Å². The molecule has 7 heteroatoms. The normalized spacial score (nSPS) is 13.1. The molecule has 100 valence electrons. The average molecular weight is 291 g/mol. The van der Waals surface area contributed by atoms with Crippen LogP contribution in [0.5, 0.6) is 0 Å². The van der Waals surface area contributed by atoms with Gasteiger partial charge in [0.1, 0.15) is 0 Å². The van der Waals surface area contributed by atoms with Crippen LogP contribution in [0.2, 0.25) is 0 Å².